The van der Waals surface area contributed by atoms with Gasteiger partial charge in [0.15, 0.2) is 0 Å². The largest absolute Gasteiger partial charge is 0.176 e. The Bertz CT molecular complexity index is 73.4. The van der Waals surface area contributed by atoms with Gasteiger partial charge in [0.05, 0.1) is 8.07 Å². The minimum absolute atomic E-state index is 0.189. The van der Waals surface area contributed by atoms with E-state index in [1.54, 1.807) is 0 Å². The molecule has 0 aliphatic heterocycles. The summed E-state index contributed by atoms with van der Waals surface area (Å²) in [4.78, 5) is 0. The van der Waals surface area contributed by atoms with E-state index in [4.69, 9.17) is 11.1 Å². The molecule has 0 atom stereocenters. The molecule has 0 N–H and O–H groups in total. The van der Waals surface area contributed by atoms with Crippen LogP contribution in [0.25, 0.3) is 0 Å². The minimum atomic E-state index is -0.788. The smallest absolute Gasteiger partial charge is 0.122 e. The van der Waals surface area contributed by atoms with Gasteiger partial charge in [-0.05, 0) is 0 Å². The molecular weight excluding hydrogens is 176 g/mol. The first kappa shape index (κ1) is 10.7. The Kier molecular flexibility index (Phi) is 5.77. The van der Waals surface area contributed by atoms with Crippen molar-refractivity contribution in [2.24, 2.45) is 0 Å². The average molecular weight is 195 g/mol. The lowest BCUT2D eigenvalue weighted by Crippen LogP contribution is -2.32. The van der Waals surface area contributed by atoms with Crippen molar-refractivity contribution in [1.82, 2.24) is 0 Å². The topological polar surface area (TPSA) is 0 Å². The summed E-state index contributed by atoms with van der Waals surface area (Å²) < 4.78 is 0. The lowest BCUT2D eigenvalue weighted by molar-refractivity contribution is 1.16. The van der Waals surface area contributed by atoms with Crippen molar-refractivity contribution in [3.63, 3.8) is 0 Å². The van der Waals surface area contributed by atoms with Crippen LogP contribution < -0.4 is 0 Å². The van der Waals surface area contributed by atoms with Crippen molar-refractivity contribution in [3.05, 3.63) is 0 Å². The van der Waals surface area contributed by atoms with E-state index < -0.39 is 8.07 Å². The van der Waals surface area contributed by atoms with Gasteiger partial charge in [0.2, 0.25) is 0 Å². The molecule has 0 heterocycles. The Morgan fingerprint density at radius 3 is 1.60 bits per heavy atom. The Hall–Kier alpha value is 0.724. The molecule has 10 heavy (non-hydrogen) atoms. The number of hydrogen-bond donors (Lipinski definition) is 0. The Morgan fingerprint density at radius 1 is 1.10 bits per heavy atom. The van der Waals surface area contributed by atoms with Crippen LogP contribution in [0.2, 0.25) is 23.8 Å². The zero-order valence-electron chi connectivity index (χ0n) is 7.41. The molecule has 0 rings (SSSR count). The van der Waals surface area contributed by atoms with Crippen molar-refractivity contribution in [2.45, 2.75) is 44.6 Å². The van der Waals surface area contributed by atoms with E-state index in [1.807, 2.05) is 0 Å². The van der Waals surface area contributed by atoms with Crippen LogP contribution in [-0.2, 0) is 0 Å². The summed E-state index contributed by atoms with van der Waals surface area (Å²) in [6.07, 6.45) is 0. The van der Waals surface area contributed by atoms with Gasteiger partial charge in [-0.15, -0.1) is 0 Å². The normalized spacial score (nSPS) is 13.2. The fourth-order valence-electron chi connectivity index (χ4n) is 1.48. The Labute approximate surface area is 72.9 Å². The minimum Gasteiger partial charge on any atom is -0.176 e. The van der Waals surface area contributed by atoms with Gasteiger partial charge < -0.3 is 0 Å². The Morgan fingerprint density at radius 2 is 1.50 bits per heavy atom. The van der Waals surface area contributed by atoms with Crippen LogP contribution in [0.5, 0.6) is 0 Å². The maximum Gasteiger partial charge on any atom is 0.122 e. The zero-order chi connectivity index (χ0) is 8.04. The van der Waals surface area contributed by atoms with Crippen molar-refractivity contribution in [1.29, 1.82) is 0 Å². The molecule has 0 aliphatic rings. The summed E-state index contributed by atoms with van der Waals surface area (Å²) in [5.74, 6) is 0. The molecule has 0 radical (unpaired) electrons. The molecule has 0 saturated heterocycles. The van der Waals surface area contributed by atoms with Gasteiger partial charge in [0, 0.05) is 0 Å². The molecule has 0 fully saturated rings. The lowest BCUT2D eigenvalue weighted by atomic mass is 10.9. The maximum atomic E-state index is 5.90. The third-order valence-corrected chi connectivity index (χ3v) is 14.1. The third-order valence-electron chi connectivity index (χ3n) is 2.87. The number of rotatable bonds is 5. The molecular formula is C7H19ClSi2. The third kappa shape index (κ3) is 2.76. The van der Waals surface area contributed by atoms with Gasteiger partial charge in [-0.1, -0.05) is 44.6 Å². The summed E-state index contributed by atoms with van der Waals surface area (Å²) in [6.45, 7) is 7.04. The van der Waals surface area contributed by atoms with E-state index in [0.717, 1.165) is 0 Å². The molecule has 0 aromatic carbocycles. The molecule has 0 nitrogen and oxygen atoms in total. The average Bonchev–Trinajstić information content (AvgIpc) is 2.01. The van der Waals surface area contributed by atoms with E-state index in [0.29, 0.717) is 0 Å². The molecule has 0 bridgehead atoms. The van der Waals surface area contributed by atoms with E-state index >= 15 is 0 Å². The van der Waals surface area contributed by atoms with Gasteiger partial charge in [-0.25, -0.2) is 0 Å². The monoisotopic (exact) mass is 194 g/mol. The highest BCUT2D eigenvalue weighted by Gasteiger charge is 2.25. The quantitative estimate of drug-likeness (QED) is 0.467. The van der Waals surface area contributed by atoms with Crippen LogP contribution in [0.1, 0.15) is 20.8 Å². The summed E-state index contributed by atoms with van der Waals surface area (Å²) in [5.41, 5.74) is 1.46. The highest BCUT2D eigenvalue weighted by molar-refractivity contribution is 7.02. The second-order valence-electron chi connectivity index (χ2n) is 3.00. The van der Waals surface area contributed by atoms with Gasteiger partial charge in [-0.3, -0.25) is 0 Å². The Balaban J connectivity index is 3.87. The molecule has 0 unspecified atom stereocenters. The SMILES string of the molecule is CC[Si](CC)(CC)C[SiH2]Cl. The van der Waals surface area contributed by atoms with E-state index in [9.17, 15) is 0 Å². The molecule has 0 spiro atoms. The zero-order valence-corrected chi connectivity index (χ0v) is 10.6. The second kappa shape index (κ2) is 5.38. The molecule has 0 amide bonds. The van der Waals surface area contributed by atoms with Crippen LogP contribution >= 0.6 is 11.1 Å². The standard InChI is InChI=1S/C7H19ClSi2/c1-4-10(5-2,6-3)7-9-8/h4-7,9H2,1-3H3. The van der Waals surface area contributed by atoms with Crippen molar-refractivity contribution in [3.8, 4) is 0 Å². The fraction of sp³-hybridized carbons (Fsp3) is 1.00. The predicted molar refractivity (Wildman–Crippen MR) is 56.4 cm³/mol. The number of hydrogen-bond acceptors (Lipinski definition) is 0. The summed E-state index contributed by atoms with van der Waals surface area (Å²) in [6, 6.07) is 4.33. The van der Waals surface area contributed by atoms with Gasteiger partial charge >= 0.3 is 0 Å². The highest BCUT2D eigenvalue weighted by atomic mass is 35.6. The summed E-state index contributed by atoms with van der Waals surface area (Å²) in [5, 5.41) is 0. The van der Waals surface area contributed by atoms with Crippen LogP contribution in [-0.4, -0.2) is 16.9 Å². The van der Waals surface area contributed by atoms with Crippen LogP contribution in [0, 0.1) is 0 Å². The first-order valence-electron chi connectivity index (χ1n) is 4.30. The molecule has 0 aliphatic carbocycles. The molecule has 3 heteroatoms. The van der Waals surface area contributed by atoms with Crippen LogP contribution in [0.4, 0.5) is 0 Å². The predicted octanol–water partition coefficient (Wildman–Crippen LogP) is 2.78. The van der Waals surface area contributed by atoms with E-state index in [2.05, 4.69) is 20.8 Å². The molecule has 62 valence electrons. The first-order valence-corrected chi connectivity index (χ1v) is 10.3. The van der Waals surface area contributed by atoms with Crippen molar-refractivity contribution < 1.29 is 0 Å². The first-order chi connectivity index (χ1) is 4.74. The van der Waals surface area contributed by atoms with Gasteiger partial charge in [0.25, 0.3) is 0 Å². The summed E-state index contributed by atoms with van der Waals surface area (Å²) >= 11 is 5.90. The number of halogens is 1. The maximum absolute atomic E-state index is 5.90. The lowest BCUT2D eigenvalue weighted by Gasteiger charge is -2.26. The fourth-order valence-corrected chi connectivity index (χ4v) is 12.4. The van der Waals surface area contributed by atoms with E-state index in [1.165, 1.54) is 23.8 Å². The highest BCUT2D eigenvalue weighted by Crippen LogP contribution is 2.24. The molecule has 0 aromatic rings. The molecule has 0 saturated carbocycles. The van der Waals surface area contributed by atoms with Gasteiger partial charge in [-0.2, -0.15) is 11.1 Å². The van der Waals surface area contributed by atoms with E-state index in [-0.39, 0.29) is 8.83 Å². The van der Waals surface area contributed by atoms with Crippen molar-refractivity contribution >= 4 is 28.0 Å². The van der Waals surface area contributed by atoms with Gasteiger partial charge in [0.1, 0.15) is 8.83 Å². The summed E-state index contributed by atoms with van der Waals surface area (Å²) in [7, 11) is -0.977. The van der Waals surface area contributed by atoms with Crippen molar-refractivity contribution in [2.75, 3.05) is 0 Å². The second-order valence-corrected chi connectivity index (χ2v) is 11.6. The molecule has 0 aromatic heterocycles. The van der Waals surface area contributed by atoms with Crippen LogP contribution in [0.15, 0.2) is 0 Å². The van der Waals surface area contributed by atoms with Crippen LogP contribution in [0.3, 0.4) is 0 Å².